The van der Waals surface area contributed by atoms with Crippen LogP contribution in [0, 0.1) is 22.8 Å². The molecule has 2 fully saturated rings. The lowest BCUT2D eigenvalue weighted by molar-refractivity contribution is -0.946. The SMILES string of the molecule is CCCCCC[N+]1(C)C2CCC1(C#N)CC2.N#CN=C=[N-]. The van der Waals surface area contributed by atoms with Gasteiger partial charge in [0.05, 0.1) is 25.8 Å². The van der Waals surface area contributed by atoms with Crippen LogP contribution in [-0.2, 0) is 0 Å². The van der Waals surface area contributed by atoms with Crippen molar-refractivity contribution < 1.29 is 4.48 Å². The first kappa shape index (κ1) is 17.4. The fraction of sp³-hybridized carbons (Fsp3) is 0.812. The van der Waals surface area contributed by atoms with Crippen molar-refractivity contribution in [1.29, 1.82) is 10.5 Å². The van der Waals surface area contributed by atoms with Crippen LogP contribution in [0.2, 0.25) is 0 Å². The van der Waals surface area contributed by atoms with E-state index in [0.717, 1.165) is 23.4 Å². The van der Waals surface area contributed by atoms with Crippen LogP contribution < -0.4 is 0 Å². The molecule has 0 aliphatic carbocycles. The van der Waals surface area contributed by atoms with Gasteiger partial charge in [-0.05, 0) is 12.8 Å². The Morgan fingerprint density at radius 1 is 1.24 bits per heavy atom. The van der Waals surface area contributed by atoms with Gasteiger partial charge in [0.2, 0.25) is 0 Å². The van der Waals surface area contributed by atoms with Crippen LogP contribution >= 0.6 is 0 Å². The summed E-state index contributed by atoms with van der Waals surface area (Å²) in [5.74, 6) is 0. The minimum atomic E-state index is -0.00309. The number of quaternary nitrogens is 1. The number of aliphatic imine (C=N–C) groups is 1. The quantitative estimate of drug-likeness (QED) is 0.336. The zero-order valence-electron chi connectivity index (χ0n) is 13.2. The van der Waals surface area contributed by atoms with E-state index in [0.29, 0.717) is 0 Å². The Hall–Kier alpha value is -1.68. The van der Waals surface area contributed by atoms with Gasteiger partial charge in [0.15, 0.2) is 5.54 Å². The molecule has 0 spiro atoms. The van der Waals surface area contributed by atoms with Gasteiger partial charge in [-0.15, -0.1) is 6.01 Å². The molecule has 2 rings (SSSR count). The predicted molar refractivity (Wildman–Crippen MR) is 82.2 cm³/mol. The molecule has 0 N–H and O–H groups in total. The lowest BCUT2D eigenvalue weighted by atomic mass is 9.89. The number of nitrogens with zero attached hydrogens (tertiary/aromatic N) is 5. The van der Waals surface area contributed by atoms with Gasteiger partial charge in [-0.25, -0.2) is 0 Å². The van der Waals surface area contributed by atoms with E-state index in [-0.39, 0.29) is 5.54 Å². The molecule has 0 radical (unpaired) electrons. The second kappa shape index (κ2) is 7.93. The predicted octanol–water partition coefficient (Wildman–Crippen LogP) is 3.44. The molecule has 2 bridgehead atoms. The summed E-state index contributed by atoms with van der Waals surface area (Å²) in [5, 5.41) is 24.4. The lowest BCUT2D eigenvalue weighted by Gasteiger charge is -2.40. The fourth-order valence-electron chi connectivity index (χ4n) is 4.02. The molecule has 114 valence electrons. The Bertz CT molecular complexity index is 458. The highest BCUT2D eigenvalue weighted by Gasteiger charge is 2.62. The highest BCUT2D eigenvalue weighted by atomic mass is 15.4. The lowest BCUT2D eigenvalue weighted by Crippen LogP contribution is -2.56. The van der Waals surface area contributed by atoms with Crippen molar-refractivity contribution in [3.63, 3.8) is 0 Å². The fourth-order valence-corrected chi connectivity index (χ4v) is 4.02. The van der Waals surface area contributed by atoms with Crippen LogP contribution in [0.25, 0.3) is 5.41 Å². The van der Waals surface area contributed by atoms with Crippen molar-refractivity contribution in [3.8, 4) is 12.3 Å². The summed E-state index contributed by atoms with van der Waals surface area (Å²) in [4.78, 5) is 2.58. The molecule has 0 aromatic carbocycles. The maximum Gasteiger partial charge on any atom is 0.186 e. The molecule has 2 aliphatic heterocycles. The maximum atomic E-state index is 9.52. The van der Waals surface area contributed by atoms with Crippen molar-refractivity contribution >= 4 is 6.01 Å². The molecule has 21 heavy (non-hydrogen) atoms. The Morgan fingerprint density at radius 3 is 2.33 bits per heavy atom. The average molecular weight is 287 g/mol. The van der Waals surface area contributed by atoms with Crippen LogP contribution in [-0.4, -0.2) is 35.7 Å². The number of hydrogen-bond donors (Lipinski definition) is 0. The van der Waals surface area contributed by atoms with Crippen LogP contribution in [0.15, 0.2) is 4.99 Å². The van der Waals surface area contributed by atoms with Gasteiger partial charge in [-0.3, -0.25) is 0 Å². The third-order valence-electron chi connectivity index (χ3n) is 5.35. The molecular weight excluding hydrogens is 262 g/mol. The molecule has 1 atom stereocenters. The molecule has 0 saturated carbocycles. The summed E-state index contributed by atoms with van der Waals surface area (Å²) < 4.78 is 1.08. The van der Waals surface area contributed by atoms with E-state index in [4.69, 9.17) is 10.7 Å². The van der Waals surface area contributed by atoms with E-state index < -0.39 is 0 Å². The molecule has 0 aromatic heterocycles. The first-order valence-corrected chi connectivity index (χ1v) is 7.84. The monoisotopic (exact) mass is 287 g/mol. The third-order valence-corrected chi connectivity index (χ3v) is 5.35. The Labute approximate surface area is 128 Å². The number of fused-ring (bicyclic) bond motifs is 2. The maximum absolute atomic E-state index is 9.52. The topological polar surface area (TPSA) is 82.2 Å². The third kappa shape index (κ3) is 3.50. The summed E-state index contributed by atoms with van der Waals surface area (Å²) >= 11 is 0. The van der Waals surface area contributed by atoms with Gasteiger partial charge < -0.3 is 14.9 Å². The number of unbranched alkanes of at least 4 members (excludes halogenated alkanes) is 3. The minimum absolute atomic E-state index is 0.00309. The van der Waals surface area contributed by atoms with Gasteiger partial charge in [0.1, 0.15) is 6.07 Å². The van der Waals surface area contributed by atoms with Crippen molar-refractivity contribution in [2.24, 2.45) is 4.99 Å². The molecule has 2 heterocycles. The van der Waals surface area contributed by atoms with Gasteiger partial charge in [0, 0.05) is 25.7 Å². The molecular formula is C16H25N5. The number of nitriles is 2. The smallest absolute Gasteiger partial charge is 0.186 e. The molecule has 0 amide bonds. The van der Waals surface area contributed by atoms with E-state index in [9.17, 15) is 5.26 Å². The van der Waals surface area contributed by atoms with Crippen LogP contribution in [0.4, 0.5) is 0 Å². The van der Waals surface area contributed by atoms with Crippen LogP contribution in [0.3, 0.4) is 0 Å². The van der Waals surface area contributed by atoms with Crippen LogP contribution in [0.1, 0.15) is 58.3 Å². The van der Waals surface area contributed by atoms with Gasteiger partial charge in [-0.2, -0.15) is 10.5 Å². The molecule has 5 nitrogen and oxygen atoms in total. The molecule has 1 unspecified atom stereocenters. The van der Waals surface area contributed by atoms with Crippen molar-refractivity contribution in [3.05, 3.63) is 5.41 Å². The zero-order chi connectivity index (χ0) is 15.8. The van der Waals surface area contributed by atoms with Gasteiger partial charge in [-0.1, -0.05) is 19.8 Å². The first-order chi connectivity index (χ1) is 10.1. The van der Waals surface area contributed by atoms with Crippen molar-refractivity contribution in [1.82, 2.24) is 0 Å². The summed E-state index contributed by atoms with van der Waals surface area (Å²) in [6, 6.07) is 4.75. The zero-order valence-corrected chi connectivity index (χ0v) is 13.2. The molecule has 2 saturated heterocycles. The van der Waals surface area contributed by atoms with E-state index in [1.54, 1.807) is 0 Å². The van der Waals surface area contributed by atoms with Gasteiger partial charge >= 0.3 is 0 Å². The Morgan fingerprint density at radius 2 is 1.90 bits per heavy atom. The normalized spacial score (nSPS) is 32.3. The average Bonchev–Trinajstić information content (AvgIpc) is 2.94. The highest BCUT2D eigenvalue weighted by molar-refractivity contribution is 5.46. The highest BCUT2D eigenvalue weighted by Crippen LogP contribution is 2.51. The number of hydrogen-bond acceptors (Lipinski definition) is 3. The van der Waals surface area contributed by atoms with Gasteiger partial charge in [0.25, 0.3) is 0 Å². The van der Waals surface area contributed by atoms with E-state index in [1.807, 2.05) is 0 Å². The summed E-state index contributed by atoms with van der Waals surface area (Å²) in [6.45, 7) is 3.49. The second-order valence-corrected chi connectivity index (χ2v) is 6.24. The van der Waals surface area contributed by atoms with Crippen molar-refractivity contribution in [2.75, 3.05) is 13.6 Å². The Balaban J connectivity index is 0.000000383. The standard InChI is InChI=1S/C14H25N2.C2N3/c1-3-4-5-6-11-16(2)13-7-9-14(16,12-15)10-8-13;3-1-5-2-4/h13H,3-11H2,1-2H3;/q+1;-1. The van der Waals surface area contributed by atoms with Crippen molar-refractivity contribution in [2.45, 2.75) is 69.9 Å². The second-order valence-electron chi connectivity index (χ2n) is 6.24. The van der Waals surface area contributed by atoms with E-state index >= 15 is 0 Å². The number of rotatable bonds is 5. The largest absolute Gasteiger partial charge is 0.422 e. The molecule has 5 heteroatoms. The first-order valence-electron chi connectivity index (χ1n) is 7.84. The molecule has 0 aromatic rings. The summed E-state index contributed by atoms with van der Waals surface area (Å²) in [5.41, 5.74) is -0.00309. The minimum Gasteiger partial charge on any atom is -0.422 e. The summed E-state index contributed by atoms with van der Waals surface area (Å²) in [7, 11) is 2.35. The Kier molecular flexibility index (Phi) is 6.56. The summed E-state index contributed by atoms with van der Waals surface area (Å²) in [6.07, 6.45) is 11.5. The van der Waals surface area contributed by atoms with E-state index in [1.165, 1.54) is 57.3 Å². The van der Waals surface area contributed by atoms with E-state index in [2.05, 4.69) is 25.0 Å². The van der Waals surface area contributed by atoms with Crippen LogP contribution in [0.5, 0.6) is 0 Å². The molecule has 2 aliphatic rings.